The molecule has 2 aromatic rings. The van der Waals surface area contributed by atoms with Crippen molar-refractivity contribution in [1.29, 1.82) is 0 Å². The van der Waals surface area contributed by atoms with Crippen LogP contribution in [0.25, 0.3) is 0 Å². The van der Waals surface area contributed by atoms with Gasteiger partial charge in [-0.15, -0.1) is 0 Å². The highest BCUT2D eigenvalue weighted by atomic mass is 16.5. The van der Waals surface area contributed by atoms with Gasteiger partial charge in [0.05, 0.1) is 5.56 Å². The molecule has 0 aromatic heterocycles. The van der Waals surface area contributed by atoms with E-state index >= 15 is 0 Å². The molecule has 0 unspecified atom stereocenters. The van der Waals surface area contributed by atoms with E-state index in [1.165, 1.54) is 25.7 Å². The van der Waals surface area contributed by atoms with Gasteiger partial charge in [0, 0.05) is 6.54 Å². The maximum atomic E-state index is 12.3. The minimum atomic E-state index is -0.277. The molecule has 2 rings (SSSR count). The van der Waals surface area contributed by atoms with Gasteiger partial charge in [0.15, 0.2) is 0 Å². The third-order valence-electron chi connectivity index (χ3n) is 4.63. The van der Waals surface area contributed by atoms with E-state index in [-0.39, 0.29) is 5.97 Å². The molecule has 0 heterocycles. The van der Waals surface area contributed by atoms with Crippen LogP contribution in [0.15, 0.2) is 54.6 Å². The summed E-state index contributed by atoms with van der Waals surface area (Å²) in [5.74, 6) is 0.464. The highest BCUT2D eigenvalue weighted by molar-refractivity contribution is 5.89. The summed E-state index contributed by atoms with van der Waals surface area (Å²) in [5.41, 5.74) is 1.67. The topological polar surface area (TPSA) is 38.8 Å². The summed E-state index contributed by atoms with van der Waals surface area (Å²) in [5, 5.41) is 0. The first-order chi connectivity index (χ1) is 13.7. The predicted molar refractivity (Wildman–Crippen MR) is 114 cm³/mol. The highest BCUT2D eigenvalue weighted by Crippen LogP contribution is 2.15. The van der Waals surface area contributed by atoms with Gasteiger partial charge in [-0.05, 0) is 55.8 Å². The molecule has 4 heteroatoms. The van der Waals surface area contributed by atoms with Crippen LogP contribution in [0.4, 0.5) is 0 Å². The molecule has 0 bridgehead atoms. The SMILES string of the molecule is CCCCN(CCCC)CCOC(=O)c1ccc(OCc2ccccc2)cc1. The summed E-state index contributed by atoms with van der Waals surface area (Å²) in [6, 6.07) is 17.2. The molecule has 0 fully saturated rings. The molecular formula is C24H33NO3. The van der Waals surface area contributed by atoms with Crippen LogP contribution in [0.1, 0.15) is 55.5 Å². The highest BCUT2D eigenvalue weighted by Gasteiger charge is 2.09. The number of carbonyl (C=O) groups excluding carboxylic acids is 1. The van der Waals surface area contributed by atoms with Crippen molar-refractivity contribution in [2.45, 2.75) is 46.1 Å². The summed E-state index contributed by atoms with van der Waals surface area (Å²) in [6.45, 7) is 8.28. The molecule has 4 nitrogen and oxygen atoms in total. The summed E-state index contributed by atoms with van der Waals surface area (Å²) in [4.78, 5) is 14.7. The minimum Gasteiger partial charge on any atom is -0.489 e. The number of carbonyl (C=O) groups is 1. The van der Waals surface area contributed by atoms with Gasteiger partial charge in [-0.2, -0.15) is 0 Å². The van der Waals surface area contributed by atoms with E-state index in [0.717, 1.165) is 30.9 Å². The van der Waals surface area contributed by atoms with Crippen LogP contribution in [0.2, 0.25) is 0 Å². The van der Waals surface area contributed by atoms with Crippen LogP contribution in [-0.4, -0.2) is 37.1 Å². The van der Waals surface area contributed by atoms with Crippen molar-refractivity contribution in [3.05, 3.63) is 65.7 Å². The molecule has 0 amide bonds. The van der Waals surface area contributed by atoms with Crippen LogP contribution >= 0.6 is 0 Å². The fourth-order valence-electron chi connectivity index (χ4n) is 2.88. The van der Waals surface area contributed by atoms with Gasteiger partial charge < -0.3 is 9.47 Å². The Labute approximate surface area is 169 Å². The number of rotatable bonds is 13. The molecule has 0 aliphatic rings. The number of hydrogen-bond donors (Lipinski definition) is 0. The van der Waals surface area contributed by atoms with Gasteiger partial charge in [0.1, 0.15) is 19.0 Å². The van der Waals surface area contributed by atoms with E-state index in [9.17, 15) is 4.79 Å². The van der Waals surface area contributed by atoms with E-state index in [2.05, 4.69) is 18.7 Å². The largest absolute Gasteiger partial charge is 0.489 e. The van der Waals surface area contributed by atoms with Crippen molar-refractivity contribution in [1.82, 2.24) is 4.90 Å². The van der Waals surface area contributed by atoms with Crippen LogP contribution in [-0.2, 0) is 11.3 Å². The number of esters is 1. The van der Waals surface area contributed by atoms with Gasteiger partial charge in [-0.25, -0.2) is 4.79 Å². The lowest BCUT2D eigenvalue weighted by atomic mass is 10.2. The predicted octanol–water partition coefficient (Wildman–Crippen LogP) is 5.32. The van der Waals surface area contributed by atoms with E-state index in [4.69, 9.17) is 9.47 Å². The van der Waals surface area contributed by atoms with Gasteiger partial charge in [-0.1, -0.05) is 57.0 Å². The lowest BCUT2D eigenvalue weighted by Crippen LogP contribution is -2.30. The zero-order valence-corrected chi connectivity index (χ0v) is 17.2. The Bertz CT molecular complexity index is 662. The summed E-state index contributed by atoms with van der Waals surface area (Å²) in [6.07, 6.45) is 4.73. The molecule has 0 aliphatic heterocycles. The van der Waals surface area contributed by atoms with Gasteiger partial charge in [0.25, 0.3) is 0 Å². The van der Waals surface area contributed by atoms with Gasteiger partial charge >= 0.3 is 5.97 Å². The zero-order chi connectivity index (χ0) is 20.0. The van der Waals surface area contributed by atoms with E-state index < -0.39 is 0 Å². The first kappa shape index (κ1) is 22.0. The molecule has 0 saturated carbocycles. The molecule has 0 N–H and O–H groups in total. The maximum absolute atomic E-state index is 12.3. The van der Waals surface area contributed by atoms with Crippen molar-refractivity contribution in [2.75, 3.05) is 26.2 Å². The first-order valence-corrected chi connectivity index (χ1v) is 10.4. The fourth-order valence-corrected chi connectivity index (χ4v) is 2.88. The van der Waals surface area contributed by atoms with Gasteiger partial charge in [0.2, 0.25) is 0 Å². The van der Waals surface area contributed by atoms with Crippen LogP contribution in [0, 0.1) is 0 Å². The lowest BCUT2D eigenvalue weighted by molar-refractivity contribution is 0.0460. The van der Waals surface area contributed by atoms with E-state index in [1.807, 2.05) is 42.5 Å². The van der Waals surface area contributed by atoms with Crippen LogP contribution < -0.4 is 4.74 Å². The molecule has 152 valence electrons. The molecule has 0 saturated heterocycles. The van der Waals surface area contributed by atoms with Crippen molar-refractivity contribution in [3.63, 3.8) is 0 Å². The Hall–Kier alpha value is -2.33. The van der Waals surface area contributed by atoms with Crippen molar-refractivity contribution < 1.29 is 14.3 Å². The van der Waals surface area contributed by atoms with E-state index in [1.54, 1.807) is 12.1 Å². The van der Waals surface area contributed by atoms with Crippen LogP contribution in [0.3, 0.4) is 0 Å². The second-order valence-corrected chi connectivity index (χ2v) is 6.98. The number of ether oxygens (including phenoxy) is 2. The zero-order valence-electron chi connectivity index (χ0n) is 17.2. The minimum absolute atomic E-state index is 0.277. The monoisotopic (exact) mass is 383 g/mol. The average molecular weight is 384 g/mol. The van der Waals surface area contributed by atoms with Crippen LogP contribution in [0.5, 0.6) is 5.75 Å². The summed E-state index contributed by atoms with van der Waals surface area (Å²) >= 11 is 0. The number of hydrogen-bond acceptors (Lipinski definition) is 4. The normalized spacial score (nSPS) is 10.8. The Morgan fingerprint density at radius 1 is 0.857 bits per heavy atom. The average Bonchev–Trinajstić information content (AvgIpc) is 2.74. The second-order valence-electron chi connectivity index (χ2n) is 6.98. The molecule has 0 radical (unpaired) electrons. The molecular weight excluding hydrogens is 350 g/mol. The molecule has 0 atom stereocenters. The maximum Gasteiger partial charge on any atom is 0.338 e. The standard InChI is InChI=1S/C24H33NO3/c1-3-5-16-25(17-6-4-2)18-19-27-24(26)22-12-14-23(15-13-22)28-20-21-10-8-7-9-11-21/h7-15H,3-6,16-20H2,1-2H3. The Kier molecular flexibility index (Phi) is 10.2. The second kappa shape index (κ2) is 12.9. The Morgan fingerprint density at radius 3 is 2.11 bits per heavy atom. The van der Waals surface area contributed by atoms with Crippen molar-refractivity contribution in [2.24, 2.45) is 0 Å². The lowest BCUT2D eigenvalue weighted by Gasteiger charge is -2.21. The number of benzene rings is 2. The number of nitrogens with zero attached hydrogens (tertiary/aromatic N) is 1. The van der Waals surface area contributed by atoms with Crippen molar-refractivity contribution >= 4 is 5.97 Å². The van der Waals surface area contributed by atoms with E-state index in [0.29, 0.717) is 18.8 Å². The fraction of sp³-hybridized carbons (Fsp3) is 0.458. The smallest absolute Gasteiger partial charge is 0.338 e. The molecule has 0 spiro atoms. The molecule has 2 aromatic carbocycles. The third kappa shape index (κ3) is 8.13. The summed E-state index contributed by atoms with van der Waals surface area (Å²) < 4.78 is 11.2. The number of unbranched alkanes of at least 4 members (excludes halogenated alkanes) is 2. The first-order valence-electron chi connectivity index (χ1n) is 10.4. The van der Waals surface area contributed by atoms with Crippen molar-refractivity contribution in [3.8, 4) is 5.75 Å². The quantitative estimate of drug-likeness (QED) is 0.439. The third-order valence-corrected chi connectivity index (χ3v) is 4.63. The summed E-state index contributed by atoms with van der Waals surface area (Å²) in [7, 11) is 0. The molecule has 28 heavy (non-hydrogen) atoms. The Balaban J connectivity index is 1.75. The van der Waals surface area contributed by atoms with Gasteiger partial charge in [-0.3, -0.25) is 4.90 Å². The Morgan fingerprint density at radius 2 is 1.50 bits per heavy atom. The molecule has 0 aliphatic carbocycles.